The van der Waals surface area contributed by atoms with Crippen molar-refractivity contribution in [3.05, 3.63) is 0 Å². The summed E-state index contributed by atoms with van der Waals surface area (Å²) in [5, 5.41) is 6.57. The summed E-state index contributed by atoms with van der Waals surface area (Å²) in [6, 6.07) is 0. The first-order chi connectivity index (χ1) is 9.60. The summed E-state index contributed by atoms with van der Waals surface area (Å²) < 4.78 is 4.60. The van der Waals surface area contributed by atoms with Crippen LogP contribution < -0.4 is 10.6 Å². The number of nitrogens with zero attached hydrogens (tertiary/aromatic N) is 1. The molecule has 0 aromatic rings. The minimum absolute atomic E-state index is 0.128. The first kappa shape index (κ1) is 18.7. The molecule has 0 atom stereocenters. The van der Waals surface area contributed by atoms with Crippen molar-refractivity contribution in [1.29, 1.82) is 0 Å². The van der Waals surface area contributed by atoms with E-state index in [1.165, 1.54) is 7.11 Å². The highest BCUT2D eigenvalue weighted by Crippen LogP contribution is 2.01. The van der Waals surface area contributed by atoms with Crippen LogP contribution in [0, 0.1) is 5.92 Å². The zero-order chi connectivity index (χ0) is 15.2. The van der Waals surface area contributed by atoms with Crippen molar-refractivity contribution < 1.29 is 9.53 Å². The van der Waals surface area contributed by atoms with E-state index in [4.69, 9.17) is 0 Å². The lowest BCUT2D eigenvalue weighted by Gasteiger charge is -2.12. The summed E-state index contributed by atoms with van der Waals surface area (Å²) in [6.45, 7) is 9.11. The van der Waals surface area contributed by atoms with Gasteiger partial charge in [-0.25, -0.2) is 0 Å². The monoisotopic (exact) mass is 285 g/mol. The van der Waals surface area contributed by atoms with Gasteiger partial charge in [-0.1, -0.05) is 20.3 Å². The Bertz CT molecular complexity index is 278. The van der Waals surface area contributed by atoms with Crippen molar-refractivity contribution in [3.63, 3.8) is 0 Å². The molecule has 0 heterocycles. The molecular weight excluding hydrogens is 254 g/mol. The van der Waals surface area contributed by atoms with Gasteiger partial charge in [-0.15, -0.1) is 0 Å². The number of esters is 1. The quantitative estimate of drug-likeness (QED) is 0.280. The summed E-state index contributed by atoms with van der Waals surface area (Å²) in [6.07, 6.45) is 4.53. The Labute approximate surface area is 123 Å². The number of hydrogen-bond donors (Lipinski definition) is 2. The average molecular weight is 285 g/mol. The first-order valence-electron chi connectivity index (χ1n) is 7.69. The van der Waals surface area contributed by atoms with Gasteiger partial charge in [-0.3, -0.25) is 9.79 Å². The van der Waals surface area contributed by atoms with E-state index in [0.29, 0.717) is 12.3 Å². The van der Waals surface area contributed by atoms with Crippen LogP contribution in [-0.4, -0.2) is 38.7 Å². The molecule has 0 radical (unpaired) electrons. The van der Waals surface area contributed by atoms with Gasteiger partial charge in [0.25, 0.3) is 0 Å². The van der Waals surface area contributed by atoms with E-state index >= 15 is 0 Å². The number of rotatable bonds is 10. The molecule has 0 rings (SSSR count). The lowest BCUT2D eigenvalue weighted by Crippen LogP contribution is -2.38. The van der Waals surface area contributed by atoms with E-state index in [9.17, 15) is 4.79 Å². The molecule has 5 heteroatoms. The molecule has 5 nitrogen and oxygen atoms in total. The van der Waals surface area contributed by atoms with E-state index in [-0.39, 0.29) is 5.97 Å². The third-order valence-corrected chi connectivity index (χ3v) is 2.89. The fraction of sp³-hybridized carbons (Fsp3) is 0.867. The van der Waals surface area contributed by atoms with Crippen molar-refractivity contribution in [2.45, 2.75) is 52.9 Å². The zero-order valence-corrected chi connectivity index (χ0v) is 13.5. The number of carbonyl (C=O) groups is 1. The number of carbonyl (C=O) groups excluding carboxylic acids is 1. The maximum atomic E-state index is 10.9. The van der Waals surface area contributed by atoms with Crippen LogP contribution >= 0.6 is 0 Å². The highest BCUT2D eigenvalue weighted by Gasteiger charge is 2.00. The summed E-state index contributed by atoms with van der Waals surface area (Å²) in [4.78, 5) is 15.5. The van der Waals surface area contributed by atoms with Crippen LogP contribution in [0.1, 0.15) is 52.9 Å². The van der Waals surface area contributed by atoms with Crippen LogP contribution in [0.3, 0.4) is 0 Å². The Kier molecular flexibility index (Phi) is 12.0. The molecule has 2 N–H and O–H groups in total. The van der Waals surface area contributed by atoms with Crippen molar-refractivity contribution in [2.75, 3.05) is 26.7 Å². The molecule has 0 spiro atoms. The molecule has 0 saturated heterocycles. The molecule has 0 aliphatic heterocycles. The highest BCUT2D eigenvalue weighted by atomic mass is 16.5. The Morgan fingerprint density at radius 1 is 1.20 bits per heavy atom. The summed E-state index contributed by atoms with van der Waals surface area (Å²) >= 11 is 0. The molecule has 0 bridgehead atoms. The largest absolute Gasteiger partial charge is 0.469 e. The number of aliphatic imine (C=N–C) groups is 1. The van der Waals surface area contributed by atoms with Crippen LogP contribution in [-0.2, 0) is 9.53 Å². The summed E-state index contributed by atoms with van der Waals surface area (Å²) in [5.41, 5.74) is 0. The van der Waals surface area contributed by atoms with Gasteiger partial charge in [-0.05, 0) is 32.1 Å². The SMILES string of the molecule is CCNC(=NCCCCCC(=O)OC)NCCC(C)C. The van der Waals surface area contributed by atoms with Gasteiger partial charge in [0.1, 0.15) is 0 Å². The summed E-state index contributed by atoms with van der Waals surface area (Å²) in [5.74, 6) is 1.46. The Balaban J connectivity index is 3.76. The molecular formula is C15H31N3O2. The van der Waals surface area contributed by atoms with Crippen molar-refractivity contribution in [2.24, 2.45) is 10.9 Å². The third kappa shape index (κ3) is 11.8. The van der Waals surface area contributed by atoms with Crippen LogP contribution in [0.4, 0.5) is 0 Å². The van der Waals surface area contributed by atoms with Crippen LogP contribution in [0.25, 0.3) is 0 Å². The molecule has 0 aromatic heterocycles. The maximum absolute atomic E-state index is 10.9. The first-order valence-corrected chi connectivity index (χ1v) is 7.69. The fourth-order valence-corrected chi connectivity index (χ4v) is 1.67. The van der Waals surface area contributed by atoms with Gasteiger partial charge < -0.3 is 15.4 Å². The number of methoxy groups -OCH3 is 1. The van der Waals surface area contributed by atoms with Gasteiger partial charge in [0.05, 0.1) is 7.11 Å². The van der Waals surface area contributed by atoms with Crippen molar-refractivity contribution in [3.8, 4) is 0 Å². The van der Waals surface area contributed by atoms with E-state index in [1.807, 2.05) is 0 Å². The van der Waals surface area contributed by atoms with Gasteiger partial charge in [0.2, 0.25) is 0 Å². The topological polar surface area (TPSA) is 62.7 Å². The molecule has 0 aromatic carbocycles. The number of ether oxygens (including phenoxy) is 1. The van der Waals surface area contributed by atoms with Crippen LogP contribution in [0.15, 0.2) is 4.99 Å². The second-order valence-electron chi connectivity index (χ2n) is 5.26. The van der Waals surface area contributed by atoms with Crippen molar-refractivity contribution in [1.82, 2.24) is 10.6 Å². The van der Waals surface area contributed by atoms with Gasteiger partial charge in [-0.2, -0.15) is 0 Å². The second-order valence-corrected chi connectivity index (χ2v) is 5.26. The molecule has 0 amide bonds. The smallest absolute Gasteiger partial charge is 0.305 e. The number of unbranched alkanes of at least 4 members (excludes halogenated alkanes) is 2. The molecule has 0 aliphatic rings. The Morgan fingerprint density at radius 2 is 1.95 bits per heavy atom. The number of guanidine groups is 1. The molecule has 0 saturated carbocycles. The Hall–Kier alpha value is -1.26. The van der Waals surface area contributed by atoms with E-state index in [0.717, 1.165) is 51.3 Å². The molecule has 0 unspecified atom stereocenters. The van der Waals surface area contributed by atoms with E-state index < -0.39 is 0 Å². The van der Waals surface area contributed by atoms with Crippen LogP contribution in [0.2, 0.25) is 0 Å². The van der Waals surface area contributed by atoms with Crippen molar-refractivity contribution >= 4 is 11.9 Å². The minimum Gasteiger partial charge on any atom is -0.469 e. The predicted octanol–water partition coefficient (Wildman–Crippen LogP) is 2.32. The number of nitrogens with one attached hydrogen (secondary N) is 2. The molecule has 118 valence electrons. The molecule has 0 fully saturated rings. The molecule has 0 aliphatic carbocycles. The van der Waals surface area contributed by atoms with E-state index in [1.54, 1.807) is 0 Å². The zero-order valence-electron chi connectivity index (χ0n) is 13.5. The highest BCUT2D eigenvalue weighted by molar-refractivity contribution is 5.79. The predicted molar refractivity (Wildman–Crippen MR) is 83.9 cm³/mol. The maximum Gasteiger partial charge on any atom is 0.305 e. The minimum atomic E-state index is -0.128. The molecule has 20 heavy (non-hydrogen) atoms. The normalized spacial score (nSPS) is 11.6. The standard InChI is InChI=1S/C15H31N3O2/c1-5-16-15(18-12-10-13(2)3)17-11-8-6-7-9-14(19)20-4/h13H,5-12H2,1-4H3,(H2,16,17,18). The fourth-order valence-electron chi connectivity index (χ4n) is 1.67. The van der Waals surface area contributed by atoms with Crippen LogP contribution in [0.5, 0.6) is 0 Å². The lowest BCUT2D eigenvalue weighted by atomic mass is 10.1. The van der Waals surface area contributed by atoms with Gasteiger partial charge in [0, 0.05) is 26.1 Å². The van der Waals surface area contributed by atoms with Gasteiger partial charge in [0.15, 0.2) is 5.96 Å². The number of hydrogen-bond acceptors (Lipinski definition) is 3. The van der Waals surface area contributed by atoms with Gasteiger partial charge >= 0.3 is 5.97 Å². The summed E-state index contributed by atoms with van der Waals surface area (Å²) in [7, 11) is 1.43. The van der Waals surface area contributed by atoms with E-state index in [2.05, 4.69) is 41.1 Å². The second kappa shape index (κ2) is 12.8. The average Bonchev–Trinajstić information content (AvgIpc) is 2.41. The third-order valence-electron chi connectivity index (χ3n) is 2.89. The Morgan fingerprint density at radius 3 is 2.55 bits per heavy atom. The lowest BCUT2D eigenvalue weighted by molar-refractivity contribution is -0.140.